The van der Waals surface area contributed by atoms with Crippen molar-refractivity contribution in [3.8, 4) is 5.75 Å². The molecule has 1 aromatic carbocycles. The number of rotatable bonds is 4. The van der Waals surface area contributed by atoms with Crippen LogP contribution in [0.25, 0.3) is 0 Å². The third kappa shape index (κ3) is 5.62. The zero-order valence-electron chi connectivity index (χ0n) is 19.3. The van der Waals surface area contributed by atoms with Crippen LogP contribution in [0.4, 0.5) is 0 Å². The predicted octanol–water partition coefficient (Wildman–Crippen LogP) is 5.18. The molecule has 0 atom stereocenters. The van der Waals surface area contributed by atoms with Crippen molar-refractivity contribution in [1.29, 1.82) is 0 Å². The van der Waals surface area contributed by atoms with Gasteiger partial charge in [-0.15, -0.1) is 24.8 Å². The van der Waals surface area contributed by atoms with Crippen LogP contribution in [-0.4, -0.2) is 23.1 Å². The molecule has 0 unspecified atom stereocenters. The van der Waals surface area contributed by atoms with Crippen molar-refractivity contribution in [2.24, 2.45) is 0 Å². The van der Waals surface area contributed by atoms with Crippen molar-refractivity contribution in [2.75, 3.05) is 0 Å². The summed E-state index contributed by atoms with van der Waals surface area (Å²) in [6.07, 6.45) is 5.74. The fourth-order valence-electron chi connectivity index (χ4n) is 4.25. The molecule has 158 valence electrons. The van der Waals surface area contributed by atoms with Crippen LogP contribution >= 0.6 is 24.8 Å². The van der Waals surface area contributed by atoms with Crippen LogP contribution in [0.1, 0.15) is 49.4 Å². The van der Waals surface area contributed by atoms with Gasteiger partial charge in [-0.05, 0) is 0 Å². The third-order valence-corrected chi connectivity index (χ3v) is 11.5. The summed E-state index contributed by atoms with van der Waals surface area (Å²) < 4.78 is 8.33. The van der Waals surface area contributed by atoms with Crippen LogP contribution in [0.15, 0.2) is 21.2 Å². The summed E-state index contributed by atoms with van der Waals surface area (Å²) in [5, 5.41) is 3.04. The molecule has 0 aromatic heterocycles. The summed E-state index contributed by atoms with van der Waals surface area (Å²) in [4.78, 5) is 4.59. The Morgan fingerprint density at radius 3 is 2.04 bits per heavy atom. The molecule has 1 nitrogen and oxygen atoms in total. The van der Waals surface area contributed by atoms with Crippen LogP contribution in [0.5, 0.6) is 5.75 Å². The molecule has 0 fully saturated rings. The second-order valence-corrected chi connectivity index (χ2v) is 18.3. The standard InChI is InChI=1S/C13H22OSi.C8H13Si.CH2.2ClH.Ti/c1-7-8(2)10(13(4,5)6)12(15)11(14)9(7)3;1-9(2,3)8-6-4-5-7-8;;;;/h14H,1-6,15H3;4,6H,5H2,1-3H3;1H2;2*1H;/q;;;;;+1/p-1. The van der Waals surface area contributed by atoms with Crippen molar-refractivity contribution in [3.05, 3.63) is 43.5 Å². The predicted molar refractivity (Wildman–Crippen MR) is 135 cm³/mol. The van der Waals surface area contributed by atoms with E-state index >= 15 is 0 Å². The fraction of sp³-hybridized carbons (Fsp3) is 0.500. The Kier molecular flexibility index (Phi) is 9.97. The van der Waals surface area contributed by atoms with Crippen LogP contribution in [0.2, 0.25) is 19.6 Å². The Hall–Kier alpha value is 0.0981. The van der Waals surface area contributed by atoms with Gasteiger partial charge in [-0.3, -0.25) is 0 Å². The van der Waals surface area contributed by atoms with E-state index in [4.69, 9.17) is 3.32 Å². The van der Waals surface area contributed by atoms with Gasteiger partial charge in [-0.1, -0.05) is 0 Å². The molecular weight excluding hydrogens is 455 g/mol. The first-order valence-corrected chi connectivity index (χ1v) is 16.7. The van der Waals surface area contributed by atoms with Gasteiger partial charge in [0.05, 0.1) is 0 Å². The molecule has 6 heteroatoms. The van der Waals surface area contributed by atoms with E-state index in [1.54, 1.807) is 9.07 Å². The first-order chi connectivity index (χ1) is 11.8. The second kappa shape index (κ2) is 9.94. The molecule has 0 saturated carbocycles. The van der Waals surface area contributed by atoms with Crippen LogP contribution in [-0.2, 0) is 23.2 Å². The van der Waals surface area contributed by atoms with Crippen molar-refractivity contribution in [3.63, 3.8) is 0 Å². The van der Waals surface area contributed by atoms with Gasteiger partial charge in [0, 0.05) is 0 Å². The SMILES string of the molecule is Cl.Cl.[CH2]=[Ti]([O]c1c(C)c(C)c(C)c(C(C)(C)C)c1[SiH3])[C]1=C([Si](C)(C)C)C=CC1. The zero-order chi connectivity index (χ0) is 20.0. The van der Waals surface area contributed by atoms with Crippen LogP contribution < -0.4 is 8.51 Å². The maximum atomic E-state index is 6.77. The van der Waals surface area contributed by atoms with E-state index in [2.05, 4.69) is 78.2 Å². The Morgan fingerprint density at radius 1 is 1.04 bits per heavy atom. The average molecular weight is 493 g/mol. The van der Waals surface area contributed by atoms with Gasteiger partial charge in [-0.2, -0.15) is 0 Å². The number of hydrogen-bond acceptors (Lipinski definition) is 1. The quantitative estimate of drug-likeness (QED) is 0.526. The Morgan fingerprint density at radius 2 is 1.57 bits per heavy atom. The van der Waals surface area contributed by atoms with Gasteiger partial charge >= 0.3 is 172 Å². The van der Waals surface area contributed by atoms with Gasteiger partial charge in [0.15, 0.2) is 0 Å². The van der Waals surface area contributed by atoms with Gasteiger partial charge in [0.1, 0.15) is 0 Å². The normalized spacial score (nSPS) is 14.0. The molecular formula is C22H38Cl2OSi2Ti. The number of hydrogen-bond donors (Lipinski definition) is 0. The summed E-state index contributed by atoms with van der Waals surface area (Å²) in [5.41, 5.74) is 5.81. The van der Waals surface area contributed by atoms with E-state index < -0.39 is 25.9 Å². The Labute approximate surface area is 195 Å². The monoisotopic (exact) mass is 492 g/mol. The molecule has 28 heavy (non-hydrogen) atoms. The van der Waals surface area contributed by atoms with E-state index in [9.17, 15) is 0 Å². The molecule has 1 aliphatic rings. The van der Waals surface area contributed by atoms with E-state index in [1.165, 1.54) is 33.2 Å². The molecule has 1 aromatic rings. The average Bonchev–Trinajstić information content (AvgIpc) is 2.98. The van der Waals surface area contributed by atoms with Gasteiger partial charge in [-0.25, -0.2) is 0 Å². The maximum absolute atomic E-state index is 6.77. The van der Waals surface area contributed by atoms with E-state index in [0.717, 1.165) is 16.7 Å². The molecule has 0 heterocycles. The Balaban J connectivity index is 0.00000364. The summed E-state index contributed by atoms with van der Waals surface area (Å²) in [6, 6.07) is 0. The molecule has 0 spiro atoms. The molecule has 0 saturated heterocycles. The summed E-state index contributed by atoms with van der Waals surface area (Å²) in [5.74, 6) is 1.17. The van der Waals surface area contributed by atoms with Crippen LogP contribution in [0.3, 0.4) is 0 Å². The van der Waals surface area contributed by atoms with Gasteiger partial charge in [0.2, 0.25) is 0 Å². The third-order valence-electron chi connectivity index (χ3n) is 5.61. The molecule has 0 N–H and O–H groups in total. The van der Waals surface area contributed by atoms with Crippen LogP contribution in [0, 0.1) is 20.8 Å². The molecule has 0 amide bonds. The molecule has 1 aliphatic carbocycles. The number of allylic oxidation sites excluding steroid dienone is 4. The fourth-order valence-corrected chi connectivity index (χ4v) is 12.3. The van der Waals surface area contributed by atoms with E-state index in [-0.39, 0.29) is 30.2 Å². The van der Waals surface area contributed by atoms with Crippen molar-refractivity contribution < 1.29 is 21.1 Å². The van der Waals surface area contributed by atoms with Gasteiger partial charge < -0.3 is 0 Å². The zero-order valence-corrected chi connectivity index (χ0v) is 25.5. The number of halogens is 2. The van der Waals surface area contributed by atoms with E-state index in [0.29, 0.717) is 0 Å². The first-order valence-electron chi connectivity index (χ1n) is 9.65. The summed E-state index contributed by atoms with van der Waals surface area (Å²) in [7, 11) is -0.322. The van der Waals surface area contributed by atoms with Crippen molar-refractivity contribution in [1.82, 2.24) is 0 Å². The van der Waals surface area contributed by atoms with Gasteiger partial charge in [0.25, 0.3) is 0 Å². The molecule has 0 bridgehead atoms. The van der Waals surface area contributed by atoms with E-state index in [1.807, 2.05) is 0 Å². The first kappa shape index (κ1) is 28.1. The Bertz CT molecular complexity index is 829. The minimum atomic E-state index is -2.00. The topological polar surface area (TPSA) is 9.23 Å². The molecule has 0 aliphatic heterocycles. The molecule has 0 radical (unpaired) electrons. The summed E-state index contributed by atoms with van der Waals surface area (Å²) in [6.45, 7) is 21.0. The minimum absolute atomic E-state index is 0. The summed E-state index contributed by atoms with van der Waals surface area (Å²) >= 11 is -2.00. The second-order valence-electron chi connectivity index (χ2n) is 9.73. The number of benzene rings is 1. The molecule has 2 rings (SSSR count). The van der Waals surface area contributed by atoms with Crippen molar-refractivity contribution >= 4 is 53.1 Å². The van der Waals surface area contributed by atoms with Crippen molar-refractivity contribution in [2.45, 2.75) is 73.0 Å².